The van der Waals surface area contributed by atoms with Crippen molar-refractivity contribution >= 4 is 35.0 Å². The Bertz CT molecular complexity index is 1160. The Morgan fingerprint density at radius 2 is 2.08 bits per heavy atom. The quantitative estimate of drug-likeness (QED) is 0.251. The maximum Gasteiger partial charge on any atom is 0.411 e. The van der Waals surface area contributed by atoms with Gasteiger partial charge < -0.3 is 24.1 Å². The van der Waals surface area contributed by atoms with E-state index in [1.165, 1.54) is 6.08 Å². The van der Waals surface area contributed by atoms with Crippen LogP contribution in [0, 0.1) is 0 Å². The number of furan rings is 1. The molecule has 9 heteroatoms. The molecule has 0 radical (unpaired) electrons. The van der Waals surface area contributed by atoms with Gasteiger partial charge in [0, 0.05) is 49.2 Å². The van der Waals surface area contributed by atoms with Crippen molar-refractivity contribution in [1.29, 1.82) is 0 Å². The van der Waals surface area contributed by atoms with Crippen molar-refractivity contribution in [2.24, 2.45) is 0 Å². The largest absolute Gasteiger partial charge is 0.455 e. The summed E-state index contributed by atoms with van der Waals surface area (Å²) >= 11 is 1.64. The van der Waals surface area contributed by atoms with E-state index in [4.69, 9.17) is 18.9 Å². The van der Waals surface area contributed by atoms with Gasteiger partial charge in [-0.05, 0) is 35.9 Å². The number of nitrogens with zero attached hydrogens (tertiary/aromatic N) is 2. The number of amides is 1. The number of hydrogen-bond acceptors (Lipinski definition) is 8. The molecule has 1 aliphatic rings. The molecule has 4 rings (SSSR count). The minimum Gasteiger partial charge on any atom is -0.455 e. The summed E-state index contributed by atoms with van der Waals surface area (Å²) in [7, 11) is 0. The average molecular weight is 509 g/mol. The molecular weight excluding hydrogens is 476 g/mol. The summed E-state index contributed by atoms with van der Waals surface area (Å²) in [5, 5.41) is 7.08. The third-order valence-corrected chi connectivity index (χ3v) is 6.51. The van der Waals surface area contributed by atoms with Crippen LogP contribution in [0.3, 0.4) is 0 Å². The van der Waals surface area contributed by atoms with Gasteiger partial charge in [-0.15, -0.1) is 0 Å². The zero-order valence-corrected chi connectivity index (χ0v) is 21.3. The molecule has 3 aromatic rings. The van der Waals surface area contributed by atoms with E-state index in [0.29, 0.717) is 18.0 Å². The number of thioether (sulfide) groups is 1. The van der Waals surface area contributed by atoms with Gasteiger partial charge >= 0.3 is 6.09 Å². The van der Waals surface area contributed by atoms with Crippen LogP contribution in [0.25, 0.3) is 0 Å². The van der Waals surface area contributed by atoms with Gasteiger partial charge in [-0.1, -0.05) is 43.5 Å². The molecule has 0 unspecified atom stereocenters. The fraction of sp³-hybridized carbons (Fsp3) is 0.333. The van der Waals surface area contributed by atoms with Gasteiger partial charge in [0.1, 0.15) is 18.2 Å². The van der Waals surface area contributed by atoms with Crippen molar-refractivity contribution < 1.29 is 18.7 Å². The first-order chi connectivity index (χ1) is 17.6. The van der Waals surface area contributed by atoms with Crippen LogP contribution in [0.15, 0.2) is 70.7 Å². The maximum atomic E-state index is 11.8. The van der Waals surface area contributed by atoms with Crippen LogP contribution in [-0.4, -0.2) is 44.0 Å². The van der Waals surface area contributed by atoms with Crippen molar-refractivity contribution in [2.45, 2.75) is 30.7 Å². The van der Waals surface area contributed by atoms with Gasteiger partial charge in [-0.2, -0.15) is 0 Å². The van der Waals surface area contributed by atoms with Crippen molar-refractivity contribution in [3.05, 3.63) is 78.2 Å². The van der Waals surface area contributed by atoms with E-state index < -0.39 is 6.09 Å². The molecule has 36 heavy (non-hydrogen) atoms. The highest BCUT2D eigenvalue weighted by Crippen LogP contribution is 2.28. The smallest absolute Gasteiger partial charge is 0.411 e. The van der Waals surface area contributed by atoms with Gasteiger partial charge in [0.2, 0.25) is 0 Å². The van der Waals surface area contributed by atoms with Gasteiger partial charge in [0.05, 0.1) is 18.9 Å². The van der Waals surface area contributed by atoms with Crippen LogP contribution in [-0.2, 0) is 28.2 Å². The molecule has 1 aromatic carbocycles. The SMILES string of the molecule is C=CCOC(=O)Nc1cccc(CNc2cc(N3CCOCC3)cc(CSc3ccc(CC)o3)n2)c1. The lowest BCUT2D eigenvalue weighted by Gasteiger charge is -2.29. The van der Waals surface area contributed by atoms with E-state index in [2.05, 4.69) is 41.2 Å². The van der Waals surface area contributed by atoms with Gasteiger partial charge in [0.25, 0.3) is 0 Å². The molecule has 1 aliphatic heterocycles. The van der Waals surface area contributed by atoms with Crippen LogP contribution in [0.1, 0.15) is 23.9 Å². The number of benzene rings is 1. The summed E-state index contributed by atoms with van der Waals surface area (Å²) in [5.41, 5.74) is 3.77. The van der Waals surface area contributed by atoms with E-state index in [-0.39, 0.29) is 6.61 Å². The summed E-state index contributed by atoms with van der Waals surface area (Å²) < 4.78 is 16.4. The molecular formula is C27H32N4O4S. The van der Waals surface area contributed by atoms with Crippen LogP contribution in [0.2, 0.25) is 0 Å². The number of carbonyl (C=O) groups excluding carboxylic acids is 1. The van der Waals surface area contributed by atoms with Crippen molar-refractivity contribution in [2.75, 3.05) is 48.4 Å². The number of ether oxygens (including phenoxy) is 2. The number of morpholine rings is 1. The maximum absolute atomic E-state index is 11.8. The Balaban J connectivity index is 1.45. The number of aromatic nitrogens is 1. The molecule has 1 saturated heterocycles. The Kier molecular flexibility index (Phi) is 9.29. The Morgan fingerprint density at radius 3 is 2.86 bits per heavy atom. The fourth-order valence-electron chi connectivity index (χ4n) is 3.75. The molecule has 0 bridgehead atoms. The van der Waals surface area contributed by atoms with Crippen LogP contribution in [0.5, 0.6) is 0 Å². The third kappa shape index (κ3) is 7.53. The Labute approximate surface area is 216 Å². The zero-order chi connectivity index (χ0) is 25.2. The predicted octanol–water partition coefficient (Wildman–Crippen LogP) is 5.71. The standard InChI is InChI=1S/C27H32N4O4S/c1-3-12-34-27(32)30-21-7-5-6-20(15-21)18-28-25-17-23(31-10-13-33-14-11-31)16-22(29-25)19-36-26-9-8-24(4-2)35-26/h3,5-9,15-17H,1,4,10-14,18-19H2,2H3,(H,28,29)(H,30,32). The minimum atomic E-state index is -0.510. The number of hydrogen-bond donors (Lipinski definition) is 2. The molecule has 0 spiro atoms. The Hall–Kier alpha value is -3.43. The van der Waals surface area contributed by atoms with Gasteiger partial charge in [-0.3, -0.25) is 5.32 Å². The monoisotopic (exact) mass is 508 g/mol. The topological polar surface area (TPSA) is 88.9 Å². The van der Waals surface area contributed by atoms with Crippen molar-refractivity contribution in [1.82, 2.24) is 4.98 Å². The summed E-state index contributed by atoms with van der Waals surface area (Å²) in [4.78, 5) is 19.0. The molecule has 0 saturated carbocycles. The number of carbonyl (C=O) groups is 1. The molecule has 1 amide bonds. The third-order valence-electron chi connectivity index (χ3n) is 5.57. The van der Waals surface area contributed by atoms with E-state index in [1.807, 2.05) is 36.4 Å². The lowest BCUT2D eigenvalue weighted by Crippen LogP contribution is -2.36. The summed E-state index contributed by atoms with van der Waals surface area (Å²) in [6, 6.07) is 15.9. The van der Waals surface area contributed by atoms with E-state index in [9.17, 15) is 4.79 Å². The molecule has 2 aromatic heterocycles. The highest BCUT2D eigenvalue weighted by atomic mass is 32.2. The molecule has 8 nitrogen and oxygen atoms in total. The predicted molar refractivity (Wildman–Crippen MR) is 144 cm³/mol. The second-order valence-corrected chi connectivity index (χ2v) is 9.21. The number of anilines is 3. The van der Waals surface area contributed by atoms with Crippen molar-refractivity contribution in [3.63, 3.8) is 0 Å². The summed E-state index contributed by atoms with van der Waals surface area (Å²) in [6.07, 6.45) is 1.90. The fourth-order valence-corrected chi connectivity index (χ4v) is 4.52. The summed E-state index contributed by atoms with van der Waals surface area (Å²) in [6.45, 7) is 9.49. The van der Waals surface area contributed by atoms with Crippen LogP contribution >= 0.6 is 11.8 Å². The second kappa shape index (κ2) is 13.0. The van der Waals surface area contributed by atoms with E-state index in [0.717, 1.165) is 66.3 Å². The van der Waals surface area contributed by atoms with Crippen LogP contribution < -0.4 is 15.5 Å². The summed E-state index contributed by atoms with van der Waals surface area (Å²) in [5.74, 6) is 2.49. The lowest BCUT2D eigenvalue weighted by atomic mass is 10.2. The molecule has 0 aliphatic carbocycles. The van der Waals surface area contributed by atoms with Gasteiger partial charge in [0.15, 0.2) is 5.09 Å². The van der Waals surface area contributed by atoms with E-state index >= 15 is 0 Å². The normalized spacial score (nSPS) is 13.3. The number of pyridine rings is 1. The molecule has 2 N–H and O–H groups in total. The minimum absolute atomic E-state index is 0.165. The van der Waals surface area contributed by atoms with Crippen molar-refractivity contribution in [3.8, 4) is 0 Å². The lowest BCUT2D eigenvalue weighted by molar-refractivity contribution is 0.122. The molecule has 1 fully saturated rings. The Morgan fingerprint density at radius 1 is 1.22 bits per heavy atom. The number of aryl methyl sites for hydroxylation is 1. The first-order valence-electron chi connectivity index (χ1n) is 12.1. The van der Waals surface area contributed by atoms with E-state index in [1.54, 1.807) is 11.8 Å². The first kappa shape index (κ1) is 25.7. The molecule has 3 heterocycles. The number of rotatable bonds is 11. The molecule has 0 atom stereocenters. The highest BCUT2D eigenvalue weighted by Gasteiger charge is 2.14. The first-order valence-corrected chi connectivity index (χ1v) is 13.0. The van der Waals surface area contributed by atoms with Gasteiger partial charge in [-0.25, -0.2) is 9.78 Å². The molecule has 190 valence electrons. The average Bonchev–Trinajstić information content (AvgIpc) is 3.38. The zero-order valence-electron chi connectivity index (χ0n) is 20.5. The number of nitrogens with one attached hydrogen (secondary N) is 2. The highest BCUT2D eigenvalue weighted by molar-refractivity contribution is 7.98. The second-order valence-electron chi connectivity index (χ2n) is 8.23. The van der Waals surface area contributed by atoms with Crippen LogP contribution in [0.4, 0.5) is 22.0 Å².